The second kappa shape index (κ2) is 6.24. The first-order chi connectivity index (χ1) is 7.50. The van der Waals surface area contributed by atoms with Gasteiger partial charge in [-0.25, -0.2) is 0 Å². The normalized spacial score (nSPS) is 25.7. The topological polar surface area (TPSA) is 38.5 Å². The molecule has 1 saturated heterocycles. The Morgan fingerprint density at radius 1 is 1.56 bits per heavy atom. The van der Waals surface area contributed by atoms with Gasteiger partial charge in [0.05, 0.1) is 5.60 Å². The lowest BCUT2D eigenvalue weighted by atomic mass is 9.96. The Kier molecular flexibility index (Phi) is 5.57. The third kappa shape index (κ3) is 3.91. The quantitative estimate of drug-likeness (QED) is 0.799. The van der Waals surface area contributed by atoms with Crippen LogP contribution in [0.1, 0.15) is 27.2 Å². The second-order valence-corrected chi connectivity index (χ2v) is 6.37. The molecule has 1 aliphatic rings. The molecule has 0 aliphatic carbocycles. The van der Waals surface area contributed by atoms with Gasteiger partial charge in [0.1, 0.15) is 0 Å². The van der Waals surface area contributed by atoms with Crippen molar-refractivity contribution in [1.29, 1.82) is 0 Å². The van der Waals surface area contributed by atoms with E-state index in [1.165, 1.54) is 11.5 Å². The van der Waals surface area contributed by atoms with Crippen molar-refractivity contribution in [3.05, 3.63) is 0 Å². The lowest BCUT2D eigenvalue weighted by molar-refractivity contribution is -0.0112. The number of nitrogens with zero attached hydrogens (tertiary/aromatic N) is 1. The molecule has 2 atom stereocenters. The first-order valence-electron chi connectivity index (χ1n) is 6.09. The molecule has 1 heterocycles. The zero-order chi connectivity index (χ0) is 12.2. The number of rotatable bonds is 5. The van der Waals surface area contributed by atoms with Crippen LogP contribution in [0.4, 0.5) is 0 Å². The lowest BCUT2D eigenvalue weighted by Gasteiger charge is -2.41. The zero-order valence-corrected chi connectivity index (χ0v) is 11.8. The van der Waals surface area contributed by atoms with Crippen LogP contribution in [-0.2, 0) is 4.74 Å². The van der Waals surface area contributed by atoms with Crippen molar-refractivity contribution < 1.29 is 4.74 Å². The van der Waals surface area contributed by atoms with E-state index in [-0.39, 0.29) is 5.60 Å². The summed E-state index contributed by atoms with van der Waals surface area (Å²) in [5.41, 5.74) is 5.85. The number of ether oxygens (including phenoxy) is 1. The molecule has 0 aromatic carbocycles. The van der Waals surface area contributed by atoms with Crippen molar-refractivity contribution in [1.82, 2.24) is 4.90 Å². The molecule has 3 nitrogen and oxygen atoms in total. The van der Waals surface area contributed by atoms with Crippen LogP contribution in [0.3, 0.4) is 0 Å². The van der Waals surface area contributed by atoms with E-state index in [4.69, 9.17) is 10.5 Å². The molecule has 0 bridgehead atoms. The van der Waals surface area contributed by atoms with E-state index in [1.54, 1.807) is 7.11 Å². The maximum absolute atomic E-state index is 5.92. The highest BCUT2D eigenvalue weighted by Crippen LogP contribution is 2.24. The Labute approximate surface area is 104 Å². The van der Waals surface area contributed by atoms with E-state index in [1.807, 2.05) is 11.8 Å². The molecule has 1 aliphatic heterocycles. The molecule has 1 fully saturated rings. The highest BCUT2D eigenvalue weighted by atomic mass is 32.2. The van der Waals surface area contributed by atoms with Crippen LogP contribution in [0.25, 0.3) is 0 Å². The molecule has 2 unspecified atom stereocenters. The van der Waals surface area contributed by atoms with Crippen LogP contribution in [0.5, 0.6) is 0 Å². The van der Waals surface area contributed by atoms with E-state index in [2.05, 4.69) is 25.7 Å². The fourth-order valence-electron chi connectivity index (χ4n) is 2.27. The molecule has 4 heteroatoms. The van der Waals surface area contributed by atoms with Crippen molar-refractivity contribution in [3.8, 4) is 0 Å². The largest absolute Gasteiger partial charge is 0.379 e. The van der Waals surface area contributed by atoms with Gasteiger partial charge in [-0.15, -0.1) is 0 Å². The average Bonchev–Trinajstić information content (AvgIpc) is 2.27. The van der Waals surface area contributed by atoms with E-state index in [0.717, 1.165) is 19.5 Å². The van der Waals surface area contributed by atoms with Gasteiger partial charge in [-0.05, 0) is 27.2 Å². The highest BCUT2D eigenvalue weighted by molar-refractivity contribution is 7.99. The lowest BCUT2D eigenvalue weighted by Crippen LogP contribution is -2.52. The third-order valence-corrected chi connectivity index (χ3v) is 4.63. The summed E-state index contributed by atoms with van der Waals surface area (Å²) in [5.74, 6) is 2.46. The van der Waals surface area contributed by atoms with Gasteiger partial charge in [0, 0.05) is 43.8 Å². The Hall–Kier alpha value is 0.230. The maximum Gasteiger partial charge on any atom is 0.0638 e. The minimum Gasteiger partial charge on any atom is -0.379 e. The number of thioether (sulfide) groups is 1. The van der Waals surface area contributed by atoms with Crippen LogP contribution in [0, 0.1) is 0 Å². The molecular formula is C12H26N2OS. The van der Waals surface area contributed by atoms with Gasteiger partial charge >= 0.3 is 0 Å². The zero-order valence-electron chi connectivity index (χ0n) is 11.0. The summed E-state index contributed by atoms with van der Waals surface area (Å²) in [7, 11) is 1.78. The van der Waals surface area contributed by atoms with Crippen molar-refractivity contribution in [2.75, 3.05) is 31.7 Å². The minimum absolute atomic E-state index is 0.0751. The standard InChI is InChI=1S/C12H26N2OS/c1-10-9-16-6-5-14(10)11(8-13)7-12(2,3)15-4/h10-11H,5-9,13H2,1-4H3. The SMILES string of the molecule is COC(C)(C)CC(CN)N1CCSCC1C. The highest BCUT2D eigenvalue weighted by Gasteiger charge is 2.30. The average molecular weight is 246 g/mol. The Morgan fingerprint density at radius 3 is 2.75 bits per heavy atom. The summed E-state index contributed by atoms with van der Waals surface area (Å²) in [6.45, 7) is 8.46. The van der Waals surface area contributed by atoms with E-state index in [9.17, 15) is 0 Å². The molecule has 0 amide bonds. The molecule has 1 rings (SSSR count). The fraction of sp³-hybridized carbons (Fsp3) is 1.00. The number of hydrogen-bond acceptors (Lipinski definition) is 4. The van der Waals surface area contributed by atoms with Crippen LogP contribution in [0.15, 0.2) is 0 Å². The Bertz CT molecular complexity index is 211. The fourth-order valence-corrected chi connectivity index (χ4v) is 3.31. The van der Waals surface area contributed by atoms with Gasteiger partial charge in [-0.3, -0.25) is 4.90 Å². The van der Waals surface area contributed by atoms with E-state index >= 15 is 0 Å². The summed E-state index contributed by atoms with van der Waals surface area (Å²) < 4.78 is 5.51. The Morgan fingerprint density at radius 2 is 2.25 bits per heavy atom. The molecule has 16 heavy (non-hydrogen) atoms. The first kappa shape index (κ1) is 14.3. The molecule has 0 saturated carbocycles. The predicted molar refractivity (Wildman–Crippen MR) is 72.0 cm³/mol. The molecular weight excluding hydrogens is 220 g/mol. The second-order valence-electron chi connectivity index (χ2n) is 5.22. The molecule has 0 spiro atoms. The van der Waals surface area contributed by atoms with Gasteiger partial charge in [-0.2, -0.15) is 11.8 Å². The van der Waals surface area contributed by atoms with E-state index in [0.29, 0.717) is 12.1 Å². The van der Waals surface area contributed by atoms with Crippen LogP contribution >= 0.6 is 11.8 Å². The summed E-state index contributed by atoms with van der Waals surface area (Å²) in [5, 5.41) is 0. The van der Waals surface area contributed by atoms with Gasteiger partial charge in [0.2, 0.25) is 0 Å². The van der Waals surface area contributed by atoms with Crippen molar-refractivity contribution in [2.24, 2.45) is 5.73 Å². The van der Waals surface area contributed by atoms with Crippen molar-refractivity contribution >= 4 is 11.8 Å². The van der Waals surface area contributed by atoms with Crippen molar-refractivity contribution in [3.63, 3.8) is 0 Å². The van der Waals surface area contributed by atoms with Gasteiger partial charge < -0.3 is 10.5 Å². The summed E-state index contributed by atoms with van der Waals surface area (Å²) in [6, 6.07) is 1.09. The molecule has 2 N–H and O–H groups in total. The van der Waals surface area contributed by atoms with Crippen molar-refractivity contribution in [2.45, 2.75) is 44.9 Å². The molecule has 0 aromatic heterocycles. The van der Waals surface area contributed by atoms with Gasteiger partial charge in [-0.1, -0.05) is 0 Å². The van der Waals surface area contributed by atoms with E-state index < -0.39 is 0 Å². The first-order valence-corrected chi connectivity index (χ1v) is 7.24. The smallest absolute Gasteiger partial charge is 0.0638 e. The van der Waals surface area contributed by atoms with Crippen LogP contribution < -0.4 is 5.73 Å². The number of hydrogen-bond donors (Lipinski definition) is 1. The predicted octanol–water partition coefficient (Wildman–Crippen LogP) is 1.57. The van der Waals surface area contributed by atoms with Crippen LogP contribution in [0.2, 0.25) is 0 Å². The third-order valence-electron chi connectivity index (χ3n) is 3.44. The number of methoxy groups -OCH3 is 1. The number of nitrogens with two attached hydrogens (primary N) is 1. The minimum atomic E-state index is -0.0751. The molecule has 0 radical (unpaired) electrons. The van der Waals surface area contributed by atoms with Crippen LogP contribution in [-0.4, -0.2) is 54.3 Å². The monoisotopic (exact) mass is 246 g/mol. The van der Waals surface area contributed by atoms with Gasteiger partial charge in [0.15, 0.2) is 0 Å². The molecule has 96 valence electrons. The maximum atomic E-state index is 5.92. The summed E-state index contributed by atoms with van der Waals surface area (Å²) in [4.78, 5) is 2.55. The summed E-state index contributed by atoms with van der Waals surface area (Å²) >= 11 is 2.04. The van der Waals surface area contributed by atoms with Gasteiger partial charge in [0.25, 0.3) is 0 Å². The summed E-state index contributed by atoms with van der Waals surface area (Å²) in [6.07, 6.45) is 1.01. The Balaban J connectivity index is 2.58. The molecule has 0 aromatic rings.